The van der Waals surface area contributed by atoms with Crippen molar-refractivity contribution in [3.63, 3.8) is 0 Å². The highest BCUT2D eigenvalue weighted by atomic mass is 19.4. The molecule has 2 aliphatic carbocycles. The Labute approximate surface area is 129 Å². The number of halogens is 3. The topological polar surface area (TPSA) is 12.0 Å². The first-order valence-corrected chi connectivity index (χ1v) is 8.00. The molecule has 22 heavy (non-hydrogen) atoms. The number of hydrogen-bond acceptors (Lipinski definition) is 1. The van der Waals surface area contributed by atoms with Crippen LogP contribution in [0.15, 0.2) is 36.0 Å². The van der Waals surface area contributed by atoms with Crippen molar-refractivity contribution < 1.29 is 13.2 Å². The summed E-state index contributed by atoms with van der Waals surface area (Å²) in [6.07, 6.45) is 1.71. The van der Waals surface area contributed by atoms with Gasteiger partial charge in [0, 0.05) is 17.3 Å². The lowest BCUT2D eigenvalue weighted by atomic mass is 9.73. The molecule has 1 nitrogen and oxygen atoms in total. The minimum Gasteiger partial charge on any atom is -0.359 e. The molecule has 4 atom stereocenters. The highest BCUT2D eigenvalue weighted by Gasteiger charge is 2.38. The minimum absolute atomic E-state index is 0.529. The molecule has 1 aromatic rings. The average Bonchev–Trinajstić information content (AvgIpc) is 2.74. The number of allylic oxidation sites excluding steroid dienone is 2. The van der Waals surface area contributed by atoms with Crippen LogP contribution in [0, 0.1) is 23.7 Å². The maximum Gasteiger partial charge on any atom is 0.416 e. The van der Waals surface area contributed by atoms with Crippen LogP contribution in [0.3, 0.4) is 0 Å². The molecule has 0 aliphatic heterocycles. The largest absolute Gasteiger partial charge is 0.416 e. The summed E-state index contributed by atoms with van der Waals surface area (Å²) in [6, 6.07) is 5.33. The van der Waals surface area contributed by atoms with Gasteiger partial charge in [-0.05, 0) is 54.9 Å². The molecule has 4 heteroatoms. The Morgan fingerprint density at radius 3 is 2.36 bits per heavy atom. The van der Waals surface area contributed by atoms with E-state index in [1.165, 1.54) is 37.1 Å². The number of benzene rings is 1. The van der Waals surface area contributed by atoms with Crippen molar-refractivity contribution in [2.45, 2.75) is 39.3 Å². The average molecular weight is 309 g/mol. The van der Waals surface area contributed by atoms with E-state index in [1.54, 1.807) is 0 Å². The number of alkyl halides is 3. The molecule has 2 aliphatic rings. The molecule has 120 valence electrons. The zero-order valence-corrected chi connectivity index (χ0v) is 13.0. The molecule has 1 fully saturated rings. The summed E-state index contributed by atoms with van der Waals surface area (Å²) in [5.74, 6) is 2.49. The lowest BCUT2D eigenvalue weighted by Crippen LogP contribution is -2.26. The van der Waals surface area contributed by atoms with Gasteiger partial charge < -0.3 is 5.32 Å². The summed E-state index contributed by atoms with van der Waals surface area (Å²) in [4.78, 5) is 0. The van der Waals surface area contributed by atoms with E-state index in [0.29, 0.717) is 17.8 Å². The van der Waals surface area contributed by atoms with Crippen LogP contribution in [-0.4, -0.2) is 0 Å². The molecule has 0 amide bonds. The number of nitrogens with one attached hydrogen (secondary N) is 1. The monoisotopic (exact) mass is 309 g/mol. The Morgan fingerprint density at radius 2 is 1.73 bits per heavy atom. The third-order valence-electron chi connectivity index (χ3n) is 5.18. The summed E-state index contributed by atoms with van der Waals surface area (Å²) in [7, 11) is 0. The lowest BCUT2D eigenvalue weighted by Gasteiger charge is -2.34. The maximum atomic E-state index is 12.6. The molecule has 1 aromatic carbocycles. The van der Waals surface area contributed by atoms with Gasteiger partial charge in [0.15, 0.2) is 0 Å². The van der Waals surface area contributed by atoms with Crippen LogP contribution in [0.4, 0.5) is 18.9 Å². The summed E-state index contributed by atoms with van der Waals surface area (Å²) in [5.41, 5.74) is 1.34. The van der Waals surface area contributed by atoms with Gasteiger partial charge in [-0.2, -0.15) is 13.2 Å². The maximum absolute atomic E-state index is 12.6. The van der Waals surface area contributed by atoms with Gasteiger partial charge in [-0.3, -0.25) is 0 Å². The second-order valence-electron chi connectivity index (χ2n) is 6.87. The predicted molar refractivity (Wildman–Crippen MR) is 82.3 cm³/mol. The molecular weight excluding hydrogens is 287 g/mol. The van der Waals surface area contributed by atoms with Crippen molar-refractivity contribution in [2.75, 3.05) is 5.32 Å². The Morgan fingerprint density at radius 1 is 1.05 bits per heavy atom. The first-order valence-electron chi connectivity index (χ1n) is 8.00. The summed E-state index contributed by atoms with van der Waals surface area (Å²) >= 11 is 0. The fourth-order valence-corrected chi connectivity index (χ4v) is 3.97. The van der Waals surface area contributed by atoms with E-state index in [1.807, 2.05) is 0 Å². The van der Waals surface area contributed by atoms with Crippen LogP contribution in [-0.2, 0) is 6.18 Å². The lowest BCUT2D eigenvalue weighted by molar-refractivity contribution is -0.137. The van der Waals surface area contributed by atoms with Crippen LogP contribution in [0.2, 0.25) is 0 Å². The van der Waals surface area contributed by atoms with E-state index in [0.717, 1.165) is 23.7 Å². The standard InChI is InChI=1S/C18H22F3N/c1-11-3-8-15-12(2)10-17(16(15)9-11)22-14-6-4-13(5-7-14)18(19,20)21/h4-7,10-12,15-16,22H,3,8-9H2,1-2H3/t11-,12?,15+,16-/m1/s1. The Kier molecular flexibility index (Phi) is 3.96. The quantitative estimate of drug-likeness (QED) is 0.738. The van der Waals surface area contributed by atoms with Crippen molar-refractivity contribution in [3.8, 4) is 0 Å². The SMILES string of the molecule is CC1C=C(Nc2ccc(C(F)(F)F)cc2)[C@@H]2C[C@H](C)CC[C@@H]12. The normalized spacial score (nSPS) is 31.6. The first-order chi connectivity index (χ1) is 10.3. The van der Waals surface area contributed by atoms with E-state index in [9.17, 15) is 13.2 Å². The van der Waals surface area contributed by atoms with Gasteiger partial charge in [0.05, 0.1) is 5.56 Å². The van der Waals surface area contributed by atoms with E-state index in [-0.39, 0.29) is 0 Å². The molecule has 0 radical (unpaired) electrons. The van der Waals surface area contributed by atoms with E-state index in [4.69, 9.17) is 0 Å². The zero-order valence-electron chi connectivity index (χ0n) is 13.0. The van der Waals surface area contributed by atoms with Crippen LogP contribution < -0.4 is 5.32 Å². The van der Waals surface area contributed by atoms with Crippen molar-refractivity contribution in [1.29, 1.82) is 0 Å². The second-order valence-corrected chi connectivity index (χ2v) is 6.87. The van der Waals surface area contributed by atoms with Gasteiger partial charge in [-0.1, -0.05) is 26.3 Å². The van der Waals surface area contributed by atoms with Gasteiger partial charge in [-0.15, -0.1) is 0 Å². The van der Waals surface area contributed by atoms with E-state index < -0.39 is 11.7 Å². The van der Waals surface area contributed by atoms with Gasteiger partial charge in [0.2, 0.25) is 0 Å². The van der Waals surface area contributed by atoms with Crippen molar-refractivity contribution in [1.82, 2.24) is 0 Å². The Balaban J connectivity index is 1.74. The van der Waals surface area contributed by atoms with Crippen LogP contribution >= 0.6 is 0 Å². The van der Waals surface area contributed by atoms with Crippen LogP contribution in [0.5, 0.6) is 0 Å². The van der Waals surface area contributed by atoms with Crippen molar-refractivity contribution in [2.24, 2.45) is 23.7 Å². The molecule has 0 bridgehead atoms. The molecule has 1 N–H and O–H groups in total. The van der Waals surface area contributed by atoms with Crippen LogP contribution in [0.25, 0.3) is 0 Å². The molecule has 3 rings (SSSR count). The zero-order chi connectivity index (χ0) is 15.9. The summed E-state index contributed by atoms with van der Waals surface area (Å²) in [6.45, 7) is 4.53. The smallest absolute Gasteiger partial charge is 0.359 e. The van der Waals surface area contributed by atoms with Crippen molar-refractivity contribution >= 4 is 5.69 Å². The molecule has 1 saturated carbocycles. The molecule has 0 heterocycles. The molecule has 0 aromatic heterocycles. The Hall–Kier alpha value is -1.45. The minimum atomic E-state index is -4.27. The predicted octanol–water partition coefficient (Wildman–Crippen LogP) is 5.70. The fraction of sp³-hybridized carbons (Fsp3) is 0.556. The van der Waals surface area contributed by atoms with Gasteiger partial charge in [0.25, 0.3) is 0 Å². The van der Waals surface area contributed by atoms with E-state index in [2.05, 4.69) is 25.2 Å². The fourth-order valence-electron chi connectivity index (χ4n) is 3.97. The number of fused-ring (bicyclic) bond motifs is 1. The number of anilines is 1. The molecule has 1 unspecified atom stereocenters. The first kappa shape index (κ1) is 15.4. The highest BCUT2D eigenvalue weighted by Crippen LogP contribution is 2.47. The highest BCUT2D eigenvalue weighted by molar-refractivity contribution is 5.51. The third kappa shape index (κ3) is 3.01. The van der Waals surface area contributed by atoms with Crippen LogP contribution in [0.1, 0.15) is 38.7 Å². The molecular formula is C18H22F3N. The number of rotatable bonds is 2. The van der Waals surface area contributed by atoms with Crippen molar-refractivity contribution in [3.05, 3.63) is 41.6 Å². The van der Waals surface area contributed by atoms with E-state index >= 15 is 0 Å². The summed E-state index contributed by atoms with van der Waals surface area (Å²) in [5, 5.41) is 3.36. The van der Waals surface area contributed by atoms with Gasteiger partial charge >= 0.3 is 6.18 Å². The molecule has 0 saturated heterocycles. The molecule has 0 spiro atoms. The summed E-state index contributed by atoms with van der Waals surface area (Å²) < 4.78 is 37.8. The van der Waals surface area contributed by atoms with Gasteiger partial charge in [-0.25, -0.2) is 0 Å². The number of hydrogen-bond donors (Lipinski definition) is 1. The Bertz CT molecular complexity index is 559. The van der Waals surface area contributed by atoms with Gasteiger partial charge in [0.1, 0.15) is 0 Å². The third-order valence-corrected chi connectivity index (χ3v) is 5.18. The second kappa shape index (κ2) is 5.64.